The van der Waals surface area contributed by atoms with Crippen molar-refractivity contribution in [2.45, 2.75) is 31.7 Å². The molecular formula is C18H19NOS2. The fraction of sp³-hybridized carbons (Fsp3) is 0.389. The van der Waals surface area contributed by atoms with Gasteiger partial charge in [-0.15, -0.1) is 22.7 Å². The molecule has 0 N–H and O–H groups in total. The third-order valence-corrected chi connectivity index (χ3v) is 6.57. The summed E-state index contributed by atoms with van der Waals surface area (Å²) in [4.78, 5) is 17.7. The van der Waals surface area contributed by atoms with Crippen LogP contribution in [0.25, 0.3) is 0 Å². The van der Waals surface area contributed by atoms with Gasteiger partial charge in [0.25, 0.3) is 0 Å². The third-order valence-electron chi connectivity index (χ3n) is 4.65. The number of hydrogen-bond donors (Lipinski definition) is 0. The quantitative estimate of drug-likeness (QED) is 0.751. The van der Waals surface area contributed by atoms with Gasteiger partial charge in [0.15, 0.2) is 0 Å². The Morgan fingerprint density at radius 1 is 1.27 bits per heavy atom. The SMILES string of the molecule is O=C(C[C@@H]1C=CCC1)N1CCc2sccc2[C@@H]1c1cccs1. The molecule has 2 aromatic heterocycles. The van der Waals surface area contributed by atoms with Crippen molar-refractivity contribution < 1.29 is 4.79 Å². The molecule has 0 saturated carbocycles. The zero-order valence-electron chi connectivity index (χ0n) is 12.4. The van der Waals surface area contributed by atoms with E-state index in [4.69, 9.17) is 0 Å². The van der Waals surface area contributed by atoms with Crippen LogP contribution >= 0.6 is 22.7 Å². The summed E-state index contributed by atoms with van der Waals surface area (Å²) in [6, 6.07) is 6.59. The first kappa shape index (κ1) is 14.2. The molecule has 1 aliphatic carbocycles. The topological polar surface area (TPSA) is 20.3 Å². The van der Waals surface area contributed by atoms with Crippen molar-refractivity contribution in [2.24, 2.45) is 5.92 Å². The molecule has 1 aliphatic heterocycles. The van der Waals surface area contributed by atoms with Gasteiger partial charge in [-0.1, -0.05) is 18.2 Å². The van der Waals surface area contributed by atoms with Crippen molar-refractivity contribution in [3.63, 3.8) is 0 Å². The Balaban J connectivity index is 1.63. The highest BCUT2D eigenvalue weighted by Crippen LogP contribution is 2.40. The highest BCUT2D eigenvalue weighted by molar-refractivity contribution is 7.10. The van der Waals surface area contributed by atoms with Crippen LogP contribution in [0.3, 0.4) is 0 Å². The average molecular weight is 329 g/mol. The second-order valence-corrected chi connectivity index (χ2v) is 8.00. The van der Waals surface area contributed by atoms with Gasteiger partial charge in [0, 0.05) is 22.7 Å². The number of nitrogens with zero attached hydrogens (tertiary/aromatic N) is 1. The maximum Gasteiger partial charge on any atom is 0.223 e. The summed E-state index contributed by atoms with van der Waals surface area (Å²) in [6.45, 7) is 0.853. The maximum absolute atomic E-state index is 12.9. The summed E-state index contributed by atoms with van der Waals surface area (Å²) in [5.41, 5.74) is 1.34. The molecule has 4 heteroatoms. The number of amides is 1. The van der Waals surface area contributed by atoms with Crippen LogP contribution in [-0.2, 0) is 11.2 Å². The Morgan fingerprint density at radius 3 is 3.00 bits per heavy atom. The maximum atomic E-state index is 12.9. The van der Waals surface area contributed by atoms with Crippen molar-refractivity contribution in [3.8, 4) is 0 Å². The van der Waals surface area contributed by atoms with Gasteiger partial charge in [0.05, 0.1) is 6.04 Å². The molecule has 0 radical (unpaired) electrons. The van der Waals surface area contributed by atoms with Crippen LogP contribution in [0.1, 0.15) is 40.6 Å². The first-order valence-electron chi connectivity index (χ1n) is 7.89. The van der Waals surface area contributed by atoms with E-state index in [1.807, 2.05) is 11.3 Å². The van der Waals surface area contributed by atoms with Gasteiger partial charge in [-0.3, -0.25) is 4.79 Å². The summed E-state index contributed by atoms with van der Waals surface area (Å²) in [5, 5.41) is 4.28. The molecule has 3 heterocycles. The van der Waals surface area contributed by atoms with Crippen molar-refractivity contribution in [2.75, 3.05) is 6.54 Å². The van der Waals surface area contributed by atoms with Gasteiger partial charge in [0.1, 0.15) is 0 Å². The van der Waals surface area contributed by atoms with E-state index in [1.54, 1.807) is 11.3 Å². The zero-order valence-corrected chi connectivity index (χ0v) is 14.0. The Kier molecular flexibility index (Phi) is 3.89. The normalized spacial score (nSPS) is 23.7. The molecule has 2 aliphatic rings. The standard InChI is InChI=1S/C18H19NOS2/c20-17(12-13-4-1-2-5-13)19-9-7-15-14(8-11-22-15)18(19)16-6-3-10-21-16/h1,3-4,6,8,10-11,13,18H,2,5,7,9,12H2/t13-,18-/m1/s1. The summed E-state index contributed by atoms with van der Waals surface area (Å²) in [5.74, 6) is 0.757. The molecule has 4 rings (SSSR count). The Labute approximate surface area is 139 Å². The summed E-state index contributed by atoms with van der Waals surface area (Å²) in [7, 11) is 0. The van der Waals surface area contributed by atoms with Crippen molar-refractivity contribution in [1.29, 1.82) is 0 Å². The van der Waals surface area contributed by atoms with Crippen LogP contribution in [0.5, 0.6) is 0 Å². The predicted octanol–water partition coefficient (Wildman–Crippen LogP) is 4.64. The molecule has 0 fully saturated rings. The number of hydrogen-bond acceptors (Lipinski definition) is 3. The van der Waals surface area contributed by atoms with E-state index >= 15 is 0 Å². The molecule has 2 atom stereocenters. The van der Waals surface area contributed by atoms with Crippen LogP contribution < -0.4 is 0 Å². The molecule has 0 unspecified atom stereocenters. The van der Waals surface area contributed by atoms with Crippen molar-refractivity contribution in [1.82, 2.24) is 4.90 Å². The van der Waals surface area contributed by atoms with E-state index in [0.717, 1.165) is 25.8 Å². The van der Waals surface area contributed by atoms with E-state index < -0.39 is 0 Å². The zero-order chi connectivity index (χ0) is 14.9. The van der Waals surface area contributed by atoms with Gasteiger partial charge >= 0.3 is 0 Å². The van der Waals surface area contributed by atoms with Gasteiger partial charge in [0.2, 0.25) is 5.91 Å². The third kappa shape index (κ3) is 2.55. The number of rotatable bonds is 3. The smallest absolute Gasteiger partial charge is 0.223 e. The molecule has 0 bridgehead atoms. The van der Waals surface area contributed by atoms with Crippen molar-refractivity contribution in [3.05, 3.63) is 56.4 Å². The second-order valence-electron chi connectivity index (χ2n) is 6.02. The molecule has 1 amide bonds. The molecule has 2 nitrogen and oxygen atoms in total. The van der Waals surface area contributed by atoms with E-state index in [9.17, 15) is 4.79 Å². The summed E-state index contributed by atoms with van der Waals surface area (Å²) in [6.07, 6.45) is 8.35. The van der Waals surface area contributed by atoms with Crippen LogP contribution in [0.2, 0.25) is 0 Å². The summed E-state index contributed by atoms with van der Waals surface area (Å²) >= 11 is 3.59. The molecule has 0 saturated heterocycles. The van der Waals surface area contributed by atoms with Crippen LogP contribution in [0.4, 0.5) is 0 Å². The fourth-order valence-corrected chi connectivity index (χ4v) is 5.30. The lowest BCUT2D eigenvalue weighted by Gasteiger charge is -2.36. The lowest BCUT2D eigenvalue weighted by molar-refractivity contribution is -0.133. The minimum atomic E-state index is 0.132. The Morgan fingerprint density at radius 2 is 2.23 bits per heavy atom. The molecule has 0 aromatic carbocycles. The van der Waals surface area contributed by atoms with E-state index in [-0.39, 0.29) is 6.04 Å². The lowest BCUT2D eigenvalue weighted by Crippen LogP contribution is -2.40. The molecule has 0 spiro atoms. The van der Waals surface area contributed by atoms with E-state index in [2.05, 4.69) is 46.0 Å². The monoisotopic (exact) mass is 329 g/mol. The van der Waals surface area contributed by atoms with Crippen LogP contribution in [0, 0.1) is 5.92 Å². The van der Waals surface area contributed by atoms with Gasteiger partial charge in [-0.25, -0.2) is 0 Å². The average Bonchev–Trinajstić information content (AvgIpc) is 3.27. The number of carbonyl (C=O) groups excluding carboxylic acids is 1. The molecular weight excluding hydrogens is 310 g/mol. The molecule has 22 heavy (non-hydrogen) atoms. The minimum absolute atomic E-state index is 0.132. The Bertz CT molecular complexity index is 686. The fourth-order valence-electron chi connectivity index (χ4n) is 3.55. The highest BCUT2D eigenvalue weighted by atomic mass is 32.1. The number of allylic oxidation sites excluding steroid dienone is 2. The van der Waals surface area contributed by atoms with Gasteiger partial charge < -0.3 is 4.90 Å². The molecule has 2 aromatic rings. The second kappa shape index (κ2) is 6.01. The van der Waals surface area contributed by atoms with Gasteiger partial charge in [-0.2, -0.15) is 0 Å². The number of fused-ring (bicyclic) bond motifs is 1. The van der Waals surface area contributed by atoms with Crippen LogP contribution in [0.15, 0.2) is 41.1 Å². The lowest BCUT2D eigenvalue weighted by atomic mass is 9.96. The van der Waals surface area contributed by atoms with E-state index in [1.165, 1.54) is 15.3 Å². The first-order chi connectivity index (χ1) is 10.8. The van der Waals surface area contributed by atoms with E-state index in [0.29, 0.717) is 18.2 Å². The Hall–Kier alpha value is -1.39. The van der Waals surface area contributed by atoms with Gasteiger partial charge in [-0.05, 0) is 53.6 Å². The first-order valence-corrected chi connectivity index (χ1v) is 9.64. The molecule has 114 valence electrons. The minimum Gasteiger partial charge on any atom is -0.330 e. The largest absolute Gasteiger partial charge is 0.330 e. The number of carbonyl (C=O) groups is 1. The van der Waals surface area contributed by atoms with Crippen LogP contribution in [-0.4, -0.2) is 17.4 Å². The highest BCUT2D eigenvalue weighted by Gasteiger charge is 2.33. The number of thiophene rings is 2. The predicted molar refractivity (Wildman–Crippen MR) is 92.4 cm³/mol. The summed E-state index contributed by atoms with van der Waals surface area (Å²) < 4.78 is 0. The van der Waals surface area contributed by atoms with Crippen molar-refractivity contribution >= 4 is 28.6 Å².